The smallest absolute Gasteiger partial charge is 0.251 e. The van der Waals surface area contributed by atoms with E-state index in [4.69, 9.17) is 0 Å². The van der Waals surface area contributed by atoms with Crippen LogP contribution in [0.15, 0.2) is 23.1 Å². The zero-order valence-electron chi connectivity index (χ0n) is 16.8. The van der Waals surface area contributed by atoms with Gasteiger partial charge in [-0.3, -0.25) is 4.79 Å². The van der Waals surface area contributed by atoms with Crippen LogP contribution < -0.4 is 5.32 Å². The first-order valence-electron chi connectivity index (χ1n) is 8.85. The van der Waals surface area contributed by atoms with Crippen LogP contribution in [0.2, 0.25) is 0 Å². The average molecular weight is 387 g/mol. The van der Waals surface area contributed by atoms with Gasteiger partial charge in [0.15, 0.2) is 0 Å². The molecular formula is C19H31FN2O3S. The van der Waals surface area contributed by atoms with E-state index in [1.165, 1.54) is 6.07 Å². The zero-order valence-corrected chi connectivity index (χ0v) is 17.6. The largest absolute Gasteiger partial charge is 0.347 e. The number of sulfonamides is 1. The van der Waals surface area contributed by atoms with Crippen LogP contribution in [-0.2, 0) is 10.0 Å². The molecule has 0 radical (unpaired) electrons. The molecule has 1 aromatic rings. The number of hydrogen-bond acceptors (Lipinski definition) is 3. The molecule has 1 aromatic carbocycles. The molecule has 0 aliphatic heterocycles. The van der Waals surface area contributed by atoms with Gasteiger partial charge >= 0.3 is 0 Å². The summed E-state index contributed by atoms with van der Waals surface area (Å²) in [6.07, 6.45) is 0.734. The van der Waals surface area contributed by atoms with Gasteiger partial charge in [0.1, 0.15) is 10.7 Å². The van der Waals surface area contributed by atoms with E-state index in [1.807, 2.05) is 13.8 Å². The third-order valence-electron chi connectivity index (χ3n) is 3.94. The molecule has 0 saturated carbocycles. The van der Waals surface area contributed by atoms with Crippen molar-refractivity contribution < 1.29 is 17.6 Å². The standard InChI is InChI=1S/C19H31FN2O3S/c1-8-22(9-2)26(24,25)16-12-14(10-11-15(16)20)17(23)21-19(6,7)13-18(3,4)5/h10-12H,8-9,13H2,1-7H3,(H,21,23). The van der Waals surface area contributed by atoms with Gasteiger partial charge in [0, 0.05) is 24.2 Å². The normalized spacial score (nSPS) is 13.1. The summed E-state index contributed by atoms with van der Waals surface area (Å²) in [5, 5.41) is 2.91. The number of nitrogens with zero attached hydrogens (tertiary/aromatic N) is 1. The molecule has 0 heterocycles. The minimum atomic E-state index is -3.98. The Labute approximate surface area is 157 Å². The lowest BCUT2D eigenvalue weighted by Gasteiger charge is -2.33. The van der Waals surface area contributed by atoms with Crippen molar-refractivity contribution in [2.24, 2.45) is 5.41 Å². The number of rotatable bonds is 7. The van der Waals surface area contributed by atoms with Gasteiger partial charge in [-0.25, -0.2) is 12.8 Å². The van der Waals surface area contributed by atoms with Gasteiger partial charge in [-0.2, -0.15) is 4.31 Å². The molecule has 0 aliphatic carbocycles. The molecule has 148 valence electrons. The molecule has 0 saturated heterocycles. The number of benzene rings is 1. The van der Waals surface area contributed by atoms with Crippen LogP contribution in [0.5, 0.6) is 0 Å². The fourth-order valence-electron chi connectivity index (χ4n) is 3.29. The highest BCUT2D eigenvalue weighted by Gasteiger charge is 2.29. The summed E-state index contributed by atoms with van der Waals surface area (Å²) in [6.45, 7) is 13.9. The van der Waals surface area contributed by atoms with Gasteiger partial charge in [-0.15, -0.1) is 0 Å². The number of carbonyl (C=O) groups is 1. The lowest BCUT2D eigenvalue weighted by molar-refractivity contribution is 0.0891. The minimum Gasteiger partial charge on any atom is -0.347 e. The Bertz CT molecular complexity index is 749. The van der Waals surface area contributed by atoms with E-state index in [9.17, 15) is 17.6 Å². The van der Waals surface area contributed by atoms with Crippen LogP contribution in [-0.4, -0.2) is 37.3 Å². The first kappa shape index (κ1) is 22.6. The van der Waals surface area contributed by atoms with Gasteiger partial charge in [0.05, 0.1) is 0 Å². The van der Waals surface area contributed by atoms with Crippen molar-refractivity contribution in [3.8, 4) is 0 Å². The molecule has 0 atom stereocenters. The van der Waals surface area contributed by atoms with Crippen LogP contribution >= 0.6 is 0 Å². The van der Waals surface area contributed by atoms with Crippen molar-refractivity contribution in [3.05, 3.63) is 29.6 Å². The molecular weight excluding hydrogens is 355 g/mol. The van der Waals surface area contributed by atoms with Crippen molar-refractivity contribution in [1.29, 1.82) is 0 Å². The van der Waals surface area contributed by atoms with E-state index < -0.39 is 32.2 Å². The highest BCUT2D eigenvalue weighted by molar-refractivity contribution is 7.89. The van der Waals surface area contributed by atoms with E-state index in [0.29, 0.717) is 0 Å². The van der Waals surface area contributed by atoms with Crippen molar-refractivity contribution in [3.63, 3.8) is 0 Å². The number of nitrogens with one attached hydrogen (secondary N) is 1. The zero-order chi connectivity index (χ0) is 20.3. The van der Waals surface area contributed by atoms with E-state index in [2.05, 4.69) is 26.1 Å². The molecule has 1 rings (SSSR count). The number of halogens is 1. The first-order chi connectivity index (χ1) is 11.7. The van der Waals surface area contributed by atoms with Gasteiger partial charge in [-0.05, 0) is 43.9 Å². The fraction of sp³-hybridized carbons (Fsp3) is 0.632. The van der Waals surface area contributed by atoms with Crippen molar-refractivity contribution >= 4 is 15.9 Å². The second-order valence-electron chi connectivity index (χ2n) is 8.31. The maximum atomic E-state index is 14.2. The summed E-state index contributed by atoms with van der Waals surface area (Å²) in [5.74, 6) is -1.28. The van der Waals surface area contributed by atoms with Crippen molar-refractivity contribution in [2.75, 3.05) is 13.1 Å². The third kappa shape index (κ3) is 5.77. The van der Waals surface area contributed by atoms with Crippen LogP contribution in [0.25, 0.3) is 0 Å². The Morgan fingerprint density at radius 1 is 1.12 bits per heavy atom. The summed E-state index contributed by atoms with van der Waals surface area (Å²) in [7, 11) is -3.98. The molecule has 1 amide bonds. The molecule has 0 bridgehead atoms. The molecule has 0 aromatic heterocycles. The number of amides is 1. The van der Waals surface area contributed by atoms with Crippen LogP contribution in [0.3, 0.4) is 0 Å². The Hall–Kier alpha value is -1.47. The van der Waals surface area contributed by atoms with E-state index in [0.717, 1.165) is 22.9 Å². The SMILES string of the molecule is CCN(CC)S(=O)(=O)c1cc(C(=O)NC(C)(C)CC(C)(C)C)ccc1F. The van der Waals surface area contributed by atoms with E-state index >= 15 is 0 Å². The Balaban J connectivity index is 3.19. The highest BCUT2D eigenvalue weighted by Crippen LogP contribution is 2.27. The second-order valence-corrected chi connectivity index (χ2v) is 10.2. The Morgan fingerprint density at radius 2 is 1.65 bits per heavy atom. The quantitative estimate of drug-likeness (QED) is 0.775. The van der Waals surface area contributed by atoms with Gasteiger partial charge in [-0.1, -0.05) is 34.6 Å². The topological polar surface area (TPSA) is 66.5 Å². The first-order valence-corrected chi connectivity index (χ1v) is 10.3. The van der Waals surface area contributed by atoms with Gasteiger partial charge in [0.2, 0.25) is 10.0 Å². The summed E-state index contributed by atoms with van der Waals surface area (Å²) in [5.41, 5.74) is -0.350. The number of hydrogen-bond donors (Lipinski definition) is 1. The van der Waals surface area contributed by atoms with Crippen LogP contribution in [0.4, 0.5) is 4.39 Å². The fourth-order valence-corrected chi connectivity index (χ4v) is 4.84. The monoisotopic (exact) mass is 386 g/mol. The molecule has 7 heteroatoms. The molecule has 26 heavy (non-hydrogen) atoms. The minimum absolute atomic E-state index is 0.0107. The summed E-state index contributed by atoms with van der Waals surface area (Å²) in [6, 6.07) is 3.45. The number of carbonyl (C=O) groups excluding carboxylic acids is 1. The summed E-state index contributed by atoms with van der Waals surface area (Å²) >= 11 is 0. The van der Waals surface area contributed by atoms with Gasteiger partial charge < -0.3 is 5.32 Å². The average Bonchev–Trinajstić information content (AvgIpc) is 2.45. The molecule has 0 fully saturated rings. The summed E-state index contributed by atoms with van der Waals surface area (Å²) < 4.78 is 40.6. The van der Waals surface area contributed by atoms with E-state index in [-0.39, 0.29) is 24.1 Å². The van der Waals surface area contributed by atoms with Crippen molar-refractivity contribution in [2.45, 2.75) is 65.3 Å². The highest BCUT2D eigenvalue weighted by atomic mass is 32.2. The Kier molecular flexibility index (Phi) is 6.98. The lowest BCUT2D eigenvalue weighted by atomic mass is 9.81. The maximum absolute atomic E-state index is 14.2. The molecule has 0 spiro atoms. The second kappa shape index (κ2) is 8.05. The third-order valence-corrected chi connectivity index (χ3v) is 6.01. The molecule has 5 nitrogen and oxygen atoms in total. The predicted molar refractivity (Wildman–Crippen MR) is 102 cm³/mol. The lowest BCUT2D eigenvalue weighted by Crippen LogP contribution is -2.45. The molecule has 1 N–H and O–H groups in total. The Morgan fingerprint density at radius 3 is 2.12 bits per heavy atom. The van der Waals surface area contributed by atoms with Gasteiger partial charge in [0.25, 0.3) is 5.91 Å². The van der Waals surface area contributed by atoms with Crippen LogP contribution in [0, 0.1) is 11.2 Å². The molecule has 0 aliphatic rings. The van der Waals surface area contributed by atoms with Crippen molar-refractivity contribution in [1.82, 2.24) is 9.62 Å². The van der Waals surface area contributed by atoms with E-state index in [1.54, 1.807) is 13.8 Å². The maximum Gasteiger partial charge on any atom is 0.251 e. The summed E-state index contributed by atoms with van der Waals surface area (Å²) in [4.78, 5) is 12.1. The molecule has 0 unspecified atom stereocenters. The van der Waals surface area contributed by atoms with Crippen LogP contribution in [0.1, 0.15) is 65.2 Å². The predicted octanol–water partition coefficient (Wildman–Crippen LogP) is 3.80.